The number of H-pyrrole nitrogens is 1. The molecule has 0 radical (unpaired) electrons. The zero-order valence-corrected chi connectivity index (χ0v) is 15.2. The SMILES string of the molecule is Cc1ccc2[nH]cc(CCC(=O)N3CCCC(Cn4cncn4)C3)c2c1. The molecule has 3 heterocycles. The van der Waals surface area contributed by atoms with Gasteiger partial charge in [0.2, 0.25) is 5.91 Å². The number of aryl methyl sites for hydroxylation is 2. The third-order valence-corrected chi connectivity index (χ3v) is 5.31. The van der Waals surface area contributed by atoms with Gasteiger partial charge in [-0.1, -0.05) is 11.6 Å². The van der Waals surface area contributed by atoms with Gasteiger partial charge in [0.05, 0.1) is 0 Å². The van der Waals surface area contributed by atoms with Crippen molar-refractivity contribution in [1.82, 2.24) is 24.6 Å². The summed E-state index contributed by atoms with van der Waals surface area (Å²) in [6, 6.07) is 6.41. The Labute approximate surface area is 153 Å². The van der Waals surface area contributed by atoms with E-state index >= 15 is 0 Å². The van der Waals surface area contributed by atoms with Gasteiger partial charge in [0.1, 0.15) is 12.7 Å². The molecule has 6 heteroatoms. The summed E-state index contributed by atoms with van der Waals surface area (Å²) >= 11 is 0. The number of aromatic nitrogens is 4. The van der Waals surface area contributed by atoms with Gasteiger partial charge >= 0.3 is 0 Å². The molecule has 0 spiro atoms. The molecule has 3 aromatic rings. The van der Waals surface area contributed by atoms with Crippen LogP contribution < -0.4 is 0 Å². The topological polar surface area (TPSA) is 66.8 Å². The second-order valence-electron chi connectivity index (χ2n) is 7.33. The van der Waals surface area contributed by atoms with E-state index in [9.17, 15) is 4.79 Å². The fourth-order valence-corrected chi connectivity index (χ4v) is 3.93. The van der Waals surface area contributed by atoms with Crippen LogP contribution in [0, 0.1) is 12.8 Å². The number of rotatable bonds is 5. The normalized spacial score (nSPS) is 17.7. The van der Waals surface area contributed by atoms with Crippen LogP contribution in [0.4, 0.5) is 0 Å². The quantitative estimate of drug-likeness (QED) is 0.768. The molecule has 1 aromatic carbocycles. The molecule has 1 unspecified atom stereocenters. The number of aromatic amines is 1. The second-order valence-corrected chi connectivity index (χ2v) is 7.33. The highest BCUT2D eigenvalue weighted by molar-refractivity contribution is 5.85. The number of fused-ring (bicyclic) bond motifs is 1. The van der Waals surface area contributed by atoms with E-state index in [2.05, 4.69) is 40.2 Å². The molecule has 26 heavy (non-hydrogen) atoms. The molecule has 2 aromatic heterocycles. The molecule has 1 aliphatic rings. The summed E-state index contributed by atoms with van der Waals surface area (Å²) in [6.07, 6.45) is 8.92. The third kappa shape index (κ3) is 3.64. The van der Waals surface area contributed by atoms with Crippen LogP contribution in [-0.4, -0.2) is 43.6 Å². The Balaban J connectivity index is 1.35. The predicted octanol–water partition coefficient (Wildman–Crippen LogP) is 2.94. The third-order valence-electron chi connectivity index (χ3n) is 5.31. The molecule has 1 N–H and O–H groups in total. The van der Waals surface area contributed by atoms with E-state index in [-0.39, 0.29) is 5.91 Å². The van der Waals surface area contributed by atoms with E-state index < -0.39 is 0 Å². The van der Waals surface area contributed by atoms with Crippen LogP contribution in [0.1, 0.15) is 30.4 Å². The number of piperidine rings is 1. The van der Waals surface area contributed by atoms with Crippen LogP contribution in [0.3, 0.4) is 0 Å². The van der Waals surface area contributed by atoms with Crippen LogP contribution in [0.2, 0.25) is 0 Å². The Morgan fingerprint density at radius 1 is 1.38 bits per heavy atom. The van der Waals surface area contributed by atoms with E-state index in [1.165, 1.54) is 16.5 Å². The molecular formula is C20H25N5O. The van der Waals surface area contributed by atoms with E-state index in [0.717, 1.165) is 44.4 Å². The molecule has 0 saturated carbocycles. The van der Waals surface area contributed by atoms with Crippen molar-refractivity contribution in [2.45, 2.75) is 39.2 Å². The molecule has 1 amide bonds. The summed E-state index contributed by atoms with van der Waals surface area (Å²) in [5, 5.41) is 5.42. The van der Waals surface area contributed by atoms with Crippen molar-refractivity contribution < 1.29 is 4.79 Å². The van der Waals surface area contributed by atoms with Crippen LogP contribution in [-0.2, 0) is 17.8 Å². The summed E-state index contributed by atoms with van der Waals surface area (Å²) in [7, 11) is 0. The summed E-state index contributed by atoms with van der Waals surface area (Å²) in [5.41, 5.74) is 3.62. The van der Waals surface area contributed by atoms with Gasteiger partial charge in [-0.2, -0.15) is 5.10 Å². The molecule has 1 aliphatic heterocycles. The molecule has 1 fully saturated rings. The maximum Gasteiger partial charge on any atom is 0.222 e. The number of carbonyl (C=O) groups excluding carboxylic acids is 1. The minimum absolute atomic E-state index is 0.260. The predicted molar refractivity (Wildman–Crippen MR) is 101 cm³/mol. The number of nitrogens with one attached hydrogen (secondary N) is 1. The Morgan fingerprint density at radius 2 is 2.31 bits per heavy atom. The number of benzene rings is 1. The van der Waals surface area contributed by atoms with E-state index in [1.807, 2.05) is 15.8 Å². The first-order chi connectivity index (χ1) is 12.7. The largest absolute Gasteiger partial charge is 0.361 e. The van der Waals surface area contributed by atoms with E-state index in [1.54, 1.807) is 12.7 Å². The molecular weight excluding hydrogens is 326 g/mol. The van der Waals surface area contributed by atoms with Gasteiger partial charge in [0.25, 0.3) is 0 Å². The van der Waals surface area contributed by atoms with Gasteiger partial charge in [0, 0.05) is 43.2 Å². The lowest BCUT2D eigenvalue weighted by atomic mass is 9.97. The maximum absolute atomic E-state index is 12.7. The number of hydrogen-bond donors (Lipinski definition) is 1. The van der Waals surface area contributed by atoms with Crippen molar-refractivity contribution in [2.75, 3.05) is 13.1 Å². The van der Waals surface area contributed by atoms with Crippen LogP contribution in [0.25, 0.3) is 10.9 Å². The van der Waals surface area contributed by atoms with Gasteiger partial charge in [0.15, 0.2) is 0 Å². The minimum atomic E-state index is 0.260. The first-order valence-electron chi connectivity index (χ1n) is 9.36. The van der Waals surface area contributed by atoms with Crippen molar-refractivity contribution in [3.05, 3.63) is 48.2 Å². The standard InChI is InChI=1S/C20H25N5O/c1-15-4-6-19-18(9-15)17(10-22-19)5-7-20(26)24-8-2-3-16(11-24)12-25-14-21-13-23-25/h4,6,9-10,13-14,16,22H,2-3,5,7-8,11-12H2,1H3. The zero-order chi connectivity index (χ0) is 17.9. The molecule has 136 valence electrons. The zero-order valence-electron chi connectivity index (χ0n) is 15.2. The van der Waals surface area contributed by atoms with Crippen molar-refractivity contribution in [2.24, 2.45) is 5.92 Å². The minimum Gasteiger partial charge on any atom is -0.361 e. The van der Waals surface area contributed by atoms with E-state index in [4.69, 9.17) is 0 Å². The summed E-state index contributed by atoms with van der Waals surface area (Å²) in [6.45, 7) is 4.64. The molecule has 0 aliphatic carbocycles. The van der Waals surface area contributed by atoms with Crippen LogP contribution in [0.5, 0.6) is 0 Å². The Hall–Kier alpha value is -2.63. The average molecular weight is 351 g/mol. The second kappa shape index (κ2) is 7.32. The lowest BCUT2D eigenvalue weighted by Gasteiger charge is -2.32. The highest BCUT2D eigenvalue weighted by Crippen LogP contribution is 2.22. The Bertz CT molecular complexity index is 883. The Kier molecular flexibility index (Phi) is 4.73. The maximum atomic E-state index is 12.7. The molecule has 0 bridgehead atoms. The molecule has 4 rings (SSSR count). The fraction of sp³-hybridized carbons (Fsp3) is 0.450. The van der Waals surface area contributed by atoms with Crippen molar-refractivity contribution in [1.29, 1.82) is 0 Å². The smallest absolute Gasteiger partial charge is 0.222 e. The highest BCUT2D eigenvalue weighted by Gasteiger charge is 2.24. The first kappa shape index (κ1) is 16.8. The number of hydrogen-bond acceptors (Lipinski definition) is 3. The summed E-state index contributed by atoms with van der Waals surface area (Å²) < 4.78 is 1.87. The number of likely N-dealkylation sites (tertiary alicyclic amines) is 1. The molecule has 1 saturated heterocycles. The molecule has 6 nitrogen and oxygen atoms in total. The van der Waals surface area contributed by atoms with Crippen LogP contribution in [0.15, 0.2) is 37.1 Å². The molecule has 1 atom stereocenters. The van der Waals surface area contributed by atoms with Crippen molar-refractivity contribution in [3.63, 3.8) is 0 Å². The van der Waals surface area contributed by atoms with Crippen molar-refractivity contribution >= 4 is 16.8 Å². The Morgan fingerprint density at radius 3 is 3.15 bits per heavy atom. The monoisotopic (exact) mass is 351 g/mol. The number of amides is 1. The highest BCUT2D eigenvalue weighted by atomic mass is 16.2. The van der Waals surface area contributed by atoms with Gasteiger partial charge in [-0.25, -0.2) is 4.98 Å². The number of nitrogens with zero attached hydrogens (tertiary/aromatic N) is 4. The van der Waals surface area contributed by atoms with E-state index in [0.29, 0.717) is 12.3 Å². The van der Waals surface area contributed by atoms with Gasteiger partial charge in [-0.15, -0.1) is 0 Å². The van der Waals surface area contributed by atoms with Gasteiger partial charge in [-0.3, -0.25) is 9.48 Å². The average Bonchev–Trinajstić information content (AvgIpc) is 3.29. The van der Waals surface area contributed by atoms with Gasteiger partial charge < -0.3 is 9.88 Å². The lowest BCUT2D eigenvalue weighted by Crippen LogP contribution is -2.41. The van der Waals surface area contributed by atoms with Gasteiger partial charge in [-0.05, 0) is 49.8 Å². The first-order valence-corrected chi connectivity index (χ1v) is 9.36. The van der Waals surface area contributed by atoms with Crippen LogP contribution >= 0.6 is 0 Å². The number of carbonyl (C=O) groups is 1. The fourth-order valence-electron chi connectivity index (χ4n) is 3.93. The summed E-state index contributed by atoms with van der Waals surface area (Å²) in [4.78, 5) is 22.1. The summed E-state index contributed by atoms with van der Waals surface area (Å²) in [5.74, 6) is 0.723. The van der Waals surface area contributed by atoms with Crippen molar-refractivity contribution in [3.8, 4) is 0 Å². The lowest BCUT2D eigenvalue weighted by molar-refractivity contribution is -0.133.